The lowest BCUT2D eigenvalue weighted by atomic mass is 10.1. The molecular formula is C9H11N3. The maximum Gasteiger partial charge on any atom is 0.173 e. The molecule has 2 rings (SSSR count). The Bertz CT molecular complexity index is 346. The second kappa shape index (κ2) is 3.01. The first-order valence-corrected chi connectivity index (χ1v) is 4.18. The van der Waals surface area contributed by atoms with Crippen LogP contribution in [0.2, 0.25) is 0 Å². The van der Waals surface area contributed by atoms with Crippen molar-refractivity contribution in [2.24, 2.45) is 10.9 Å². The molecule has 1 aromatic rings. The third-order valence-corrected chi connectivity index (χ3v) is 1.97. The van der Waals surface area contributed by atoms with Crippen LogP contribution in [0.15, 0.2) is 17.4 Å². The SMILES string of the molecule is CC1CC=c2nccnc2=NC1. The average Bonchev–Trinajstić information content (AvgIpc) is 2.29. The van der Waals surface area contributed by atoms with Crippen molar-refractivity contribution < 1.29 is 0 Å². The topological polar surface area (TPSA) is 38.1 Å². The molecule has 0 bridgehead atoms. The van der Waals surface area contributed by atoms with E-state index in [0.29, 0.717) is 5.92 Å². The zero-order chi connectivity index (χ0) is 8.39. The molecule has 1 unspecified atom stereocenters. The van der Waals surface area contributed by atoms with Crippen molar-refractivity contribution in [2.45, 2.75) is 13.3 Å². The highest BCUT2D eigenvalue weighted by Crippen LogP contribution is 2.02. The van der Waals surface area contributed by atoms with Crippen molar-refractivity contribution in [1.29, 1.82) is 0 Å². The maximum atomic E-state index is 4.36. The molecule has 0 radical (unpaired) electrons. The number of hydrogen-bond acceptors (Lipinski definition) is 3. The molecule has 1 aromatic heterocycles. The van der Waals surface area contributed by atoms with E-state index in [-0.39, 0.29) is 0 Å². The van der Waals surface area contributed by atoms with Crippen molar-refractivity contribution in [2.75, 3.05) is 6.54 Å². The second-order valence-electron chi connectivity index (χ2n) is 3.15. The van der Waals surface area contributed by atoms with Gasteiger partial charge < -0.3 is 0 Å². The largest absolute Gasteiger partial charge is 0.265 e. The van der Waals surface area contributed by atoms with E-state index < -0.39 is 0 Å². The Balaban J connectivity index is 2.61. The fourth-order valence-corrected chi connectivity index (χ4v) is 1.24. The summed E-state index contributed by atoms with van der Waals surface area (Å²) in [5.74, 6) is 0.612. The minimum Gasteiger partial charge on any atom is -0.265 e. The zero-order valence-corrected chi connectivity index (χ0v) is 7.07. The van der Waals surface area contributed by atoms with Gasteiger partial charge in [0.1, 0.15) is 5.35 Å². The zero-order valence-electron chi connectivity index (χ0n) is 7.07. The first kappa shape index (κ1) is 7.40. The van der Waals surface area contributed by atoms with E-state index in [9.17, 15) is 0 Å². The van der Waals surface area contributed by atoms with Gasteiger partial charge >= 0.3 is 0 Å². The van der Waals surface area contributed by atoms with Gasteiger partial charge in [-0.25, -0.2) is 4.98 Å². The number of fused-ring (bicyclic) bond motifs is 1. The molecule has 62 valence electrons. The van der Waals surface area contributed by atoms with Gasteiger partial charge in [0, 0.05) is 18.9 Å². The smallest absolute Gasteiger partial charge is 0.173 e. The highest BCUT2D eigenvalue weighted by Gasteiger charge is 2.02. The summed E-state index contributed by atoms with van der Waals surface area (Å²) in [6.45, 7) is 3.05. The lowest BCUT2D eigenvalue weighted by molar-refractivity contribution is 0.617. The summed E-state index contributed by atoms with van der Waals surface area (Å²) >= 11 is 0. The average molecular weight is 161 g/mol. The van der Waals surface area contributed by atoms with Crippen LogP contribution in [0, 0.1) is 5.92 Å². The van der Waals surface area contributed by atoms with Crippen LogP contribution in [0.1, 0.15) is 13.3 Å². The normalized spacial score (nSPS) is 21.6. The summed E-state index contributed by atoms with van der Waals surface area (Å²) < 4.78 is 0. The summed E-state index contributed by atoms with van der Waals surface area (Å²) in [5.41, 5.74) is 0.793. The highest BCUT2D eigenvalue weighted by molar-refractivity contribution is 5.18. The third kappa shape index (κ3) is 1.35. The predicted octanol–water partition coefficient (Wildman–Crippen LogP) is -0.0835. The molecule has 3 heteroatoms. The van der Waals surface area contributed by atoms with Crippen molar-refractivity contribution in [3.8, 4) is 0 Å². The lowest BCUT2D eigenvalue weighted by Crippen LogP contribution is -2.30. The monoisotopic (exact) mass is 161 g/mol. The second-order valence-corrected chi connectivity index (χ2v) is 3.15. The van der Waals surface area contributed by atoms with Gasteiger partial charge in [0.2, 0.25) is 0 Å². The Labute approximate surface area is 70.9 Å². The van der Waals surface area contributed by atoms with Crippen LogP contribution in [0.4, 0.5) is 0 Å². The predicted molar refractivity (Wildman–Crippen MR) is 45.9 cm³/mol. The Hall–Kier alpha value is -1.25. The minimum atomic E-state index is 0.612. The van der Waals surface area contributed by atoms with Crippen LogP contribution in [-0.2, 0) is 0 Å². The van der Waals surface area contributed by atoms with Crippen LogP contribution < -0.4 is 10.8 Å². The maximum absolute atomic E-state index is 4.36. The molecule has 0 amide bonds. The molecule has 1 aliphatic rings. The molecule has 0 N–H and O–H groups in total. The van der Waals surface area contributed by atoms with Crippen molar-refractivity contribution >= 4 is 6.08 Å². The molecule has 0 fully saturated rings. The molecule has 1 atom stereocenters. The van der Waals surface area contributed by atoms with Gasteiger partial charge in [-0.15, -0.1) is 0 Å². The fourth-order valence-electron chi connectivity index (χ4n) is 1.24. The number of aromatic nitrogens is 2. The molecule has 0 aromatic carbocycles. The van der Waals surface area contributed by atoms with E-state index in [2.05, 4.69) is 28.0 Å². The Morgan fingerprint density at radius 1 is 1.33 bits per heavy atom. The van der Waals surface area contributed by atoms with Gasteiger partial charge in [-0.2, -0.15) is 0 Å². The number of hydrogen-bond donors (Lipinski definition) is 0. The van der Waals surface area contributed by atoms with E-state index in [1.54, 1.807) is 12.4 Å². The summed E-state index contributed by atoms with van der Waals surface area (Å²) in [5, 5.41) is 0.932. The molecule has 0 aliphatic carbocycles. The van der Waals surface area contributed by atoms with Gasteiger partial charge in [0.25, 0.3) is 0 Å². The quantitative estimate of drug-likeness (QED) is 0.533. The van der Waals surface area contributed by atoms with Crippen molar-refractivity contribution in [1.82, 2.24) is 9.97 Å². The minimum absolute atomic E-state index is 0.612. The molecule has 3 nitrogen and oxygen atoms in total. The first-order chi connectivity index (χ1) is 5.86. The number of nitrogens with zero attached hydrogens (tertiary/aromatic N) is 3. The summed E-state index contributed by atoms with van der Waals surface area (Å²) in [7, 11) is 0. The van der Waals surface area contributed by atoms with E-state index >= 15 is 0 Å². The van der Waals surface area contributed by atoms with Crippen LogP contribution >= 0.6 is 0 Å². The molecule has 12 heavy (non-hydrogen) atoms. The summed E-state index contributed by atoms with van der Waals surface area (Å²) in [4.78, 5) is 12.7. The van der Waals surface area contributed by atoms with Crippen LogP contribution in [-0.4, -0.2) is 16.5 Å². The third-order valence-electron chi connectivity index (χ3n) is 1.97. The lowest BCUT2D eigenvalue weighted by Gasteiger charge is -1.99. The molecular weight excluding hydrogens is 150 g/mol. The summed E-state index contributed by atoms with van der Waals surface area (Å²) in [6.07, 6.45) is 6.56. The molecule has 0 saturated heterocycles. The van der Waals surface area contributed by atoms with Crippen LogP contribution in [0.25, 0.3) is 6.08 Å². The van der Waals surface area contributed by atoms with Crippen molar-refractivity contribution in [3.05, 3.63) is 23.2 Å². The Morgan fingerprint density at radius 3 is 3.08 bits per heavy atom. The van der Waals surface area contributed by atoms with Gasteiger partial charge in [0.05, 0.1) is 0 Å². The van der Waals surface area contributed by atoms with Crippen LogP contribution in [0.3, 0.4) is 0 Å². The molecule has 2 heterocycles. The summed E-state index contributed by atoms with van der Waals surface area (Å²) in [6, 6.07) is 0. The number of rotatable bonds is 0. The Morgan fingerprint density at radius 2 is 2.17 bits per heavy atom. The van der Waals surface area contributed by atoms with E-state index in [1.807, 2.05) is 0 Å². The highest BCUT2D eigenvalue weighted by atomic mass is 14.9. The van der Waals surface area contributed by atoms with E-state index in [4.69, 9.17) is 0 Å². The molecule has 0 spiro atoms. The van der Waals surface area contributed by atoms with Gasteiger partial charge in [-0.05, 0) is 12.3 Å². The van der Waals surface area contributed by atoms with E-state index in [1.165, 1.54) is 0 Å². The standard InChI is InChI=1S/C9H11N3/c1-7-2-3-8-9(12-6-7)11-5-4-10-8/h3-5,7H,2,6H2,1H3. The molecule has 1 aliphatic heterocycles. The first-order valence-electron chi connectivity index (χ1n) is 4.18. The molecule has 0 saturated carbocycles. The van der Waals surface area contributed by atoms with Crippen LogP contribution in [0.5, 0.6) is 0 Å². The van der Waals surface area contributed by atoms with Gasteiger partial charge in [0.15, 0.2) is 5.49 Å². The van der Waals surface area contributed by atoms with Gasteiger partial charge in [-0.1, -0.05) is 13.0 Å². The Kier molecular flexibility index (Phi) is 1.86. The van der Waals surface area contributed by atoms with Gasteiger partial charge in [-0.3, -0.25) is 9.98 Å². The van der Waals surface area contributed by atoms with E-state index in [0.717, 1.165) is 23.8 Å². The fraction of sp³-hybridized carbons (Fsp3) is 0.444. The van der Waals surface area contributed by atoms with Crippen molar-refractivity contribution in [3.63, 3.8) is 0 Å².